The van der Waals surface area contributed by atoms with Gasteiger partial charge in [-0.15, -0.1) is 0 Å². The summed E-state index contributed by atoms with van der Waals surface area (Å²) in [6.45, 7) is 14.6. The number of aromatic amines is 2. The number of carbonyl (C=O) groups is 2. The molecular formula is C40H51N5O4. The van der Waals surface area contributed by atoms with E-state index in [1.54, 1.807) is 6.92 Å². The summed E-state index contributed by atoms with van der Waals surface area (Å²) in [6.07, 6.45) is 8.65. The normalized spacial score (nSPS) is 21.4. The SMILES string of the molecule is CCC(=O)OCC1(C(=O)NC(c2nc(-c3ccc(-c4ccc(-c5c[nH]c(CC(C)(C)C)n5)cc4)cc3)c[nH]2)C(C)(C)C)OC2CCC1CC2. The number of hydrogen-bond donors (Lipinski definition) is 3. The van der Waals surface area contributed by atoms with Gasteiger partial charge in [0.1, 0.15) is 18.3 Å². The van der Waals surface area contributed by atoms with Gasteiger partial charge >= 0.3 is 5.97 Å². The molecule has 9 nitrogen and oxygen atoms in total. The molecule has 2 unspecified atom stereocenters. The van der Waals surface area contributed by atoms with Gasteiger partial charge in [-0.2, -0.15) is 0 Å². The zero-order valence-corrected chi connectivity index (χ0v) is 30.0. The number of carbonyl (C=O) groups excluding carboxylic acids is 2. The molecule has 9 heteroatoms. The van der Waals surface area contributed by atoms with Gasteiger partial charge in [0.05, 0.1) is 23.5 Å². The summed E-state index contributed by atoms with van der Waals surface area (Å²) < 4.78 is 12.0. The fourth-order valence-electron chi connectivity index (χ4n) is 7.14. The third kappa shape index (κ3) is 7.67. The van der Waals surface area contributed by atoms with E-state index in [9.17, 15) is 9.59 Å². The van der Waals surface area contributed by atoms with Crippen LogP contribution in [-0.2, 0) is 25.5 Å². The van der Waals surface area contributed by atoms with Crippen molar-refractivity contribution >= 4 is 11.9 Å². The second-order valence-corrected chi connectivity index (χ2v) is 16.1. The maximum Gasteiger partial charge on any atom is 0.305 e. The van der Waals surface area contributed by atoms with Crippen molar-refractivity contribution in [2.75, 3.05) is 6.61 Å². The van der Waals surface area contributed by atoms with Gasteiger partial charge in [0, 0.05) is 42.3 Å². The molecule has 49 heavy (non-hydrogen) atoms. The lowest BCUT2D eigenvalue weighted by molar-refractivity contribution is -0.220. The van der Waals surface area contributed by atoms with Gasteiger partial charge in [0.2, 0.25) is 0 Å². The van der Waals surface area contributed by atoms with Gasteiger partial charge < -0.3 is 24.8 Å². The molecule has 4 heterocycles. The van der Waals surface area contributed by atoms with Crippen LogP contribution >= 0.6 is 0 Å². The van der Waals surface area contributed by atoms with Crippen LogP contribution in [0.5, 0.6) is 0 Å². The van der Waals surface area contributed by atoms with E-state index in [0.29, 0.717) is 5.82 Å². The number of rotatable bonds is 10. The Morgan fingerprint density at radius 3 is 1.92 bits per heavy atom. The molecule has 2 aliphatic heterocycles. The lowest BCUT2D eigenvalue weighted by Crippen LogP contribution is -2.64. The van der Waals surface area contributed by atoms with Gasteiger partial charge in [0.25, 0.3) is 5.91 Å². The fraction of sp³-hybridized carbons (Fsp3) is 0.500. The first-order valence-electron chi connectivity index (χ1n) is 17.7. The minimum absolute atomic E-state index is 0.00116. The zero-order chi connectivity index (χ0) is 35.0. The first-order chi connectivity index (χ1) is 23.2. The average Bonchev–Trinajstić information content (AvgIpc) is 3.75. The van der Waals surface area contributed by atoms with E-state index in [0.717, 1.165) is 71.6 Å². The Bertz CT molecular complexity index is 1750. The second-order valence-electron chi connectivity index (χ2n) is 16.1. The molecule has 7 rings (SSSR count). The first kappa shape index (κ1) is 34.6. The molecule has 4 aromatic rings. The molecule has 1 aliphatic carbocycles. The molecule has 1 saturated carbocycles. The van der Waals surface area contributed by atoms with E-state index >= 15 is 0 Å². The van der Waals surface area contributed by atoms with E-state index in [4.69, 9.17) is 19.4 Å². The lowest BCUT2D eigenvalue weighted by Gasteiger charge is -2.50. The Hall–Kier alpha value is -4.24. The van der Waals surface area contributed by atoms with E-state index < -0.39 is 11.6 Å². The molecule has 3 aliphatic rings. The minimum atomic E-state index is -1.19. The Morgan fingerprint density at radius 1 is 0.857 bits per heavy atom. The Labute approximate surface area is 290 Å². The van der Waals surface area contributed by atoms with Gasteiger partial charge in [-0.05, 0) is 47.6 Å². The number of amides is 1. The van der Waals surface area contributed by atoms with Crippen LogP contribution < -0.4 is 5.32 Å². The summed E-state index contributed by atoms with van der Waals surface area (Å²) in [4.78, 5) is 42.8. The number of benzene rings is 2. The smallest absolute Gasteiger partial charge is 0.305 e. The highest BCUT2D eigenvalue weighted by Gasteiger charge is 2.55. The third-order valence-electron chi connectivity index (χ3n) is 9.87. The van der Waals surface area contributed by atoms with Gasteiger partial charge in [-0.25, -0.2) is 9.97 Å². The number of hydrogen-bond acceptors (Lipinski definition) is 6. The maximum absolute atomic E-state index is 14.2. The molecule has 3 fully saturated rings. The van der Waals surface area contributed by atoms with Crippen molar-refractivity contribution in [3.05, 3.63) is 72.6 Å². The van der Waals surface area contributed by atoms with Crippen molar-refractivity contribution in [3.63, 3.8) is 0 Å². The second kappa shape index (κ2) is 13.6. The number of nitrogens with one attached hydrogen (secondary N) is 3. The standard InChI is InChI=1S/C40H51N5O4/c1-8-34(46)48-24-40(29-17-19-30(49-40)20-18-29)37(47)45-35(39(5,6)7)36-42-23-32(44-36)28-15-11-26(12-16-28)25-9-13-27(14-10-25)31-22-41-33(43-31)21-38(2,3)4/h9-16,22-23,29-30,35H,8,17-21,24H2,1-7H3,(H,41,43)(H,42,44)(H,45,47). The molecule has 0 radical (unpaired) electrons. The van der Waals surface area contributed by atoms with Crippen LogP contribution in [0.15, 0.2) is 60.9 Å². The van der Waals surface area contributed by atoms with Crippen molar-refractivity contribution in [1.82, 2.24) is 25.3 Å². The average molecular weight is 666 g/mol. The molecule has 0 spiro atoms. The Morgan fingerprint density at radius 2 is 1.41 bits per heavy atom. The summed E-state index contributed by atoms with van der Waals surface area (Å²) in [5.41, 5.74) is 4.66. The summed E-state index contributed by atoms with van der Waals surface area (Å²) in [6, 6.07) is 16.4. The first-order valence-corrected chi connectivity index (χ1v) is 17.7. The number of aromatic nitrogens is 4. The van der Waals surface area contributed by atoms with Crippen molar-refractivity contribution in [2.45, 2.75) is 105 Å². The number of esters is 1. The number of ether oxygens (including phenoxy) is 2. The highest BCUT2D eigenvalue weighted by molar-refractivity contribution is 5.87. The molecule has 2 aromatic carbocycles. The third-order valence-corrected chi connectivity index (χ3v) is 9.87. The molecule has 2 atom stereocenters. The number of fused-ring (bicyclic) bond motifs is 3. The molecule has 1 amide bonds. The number of nitrogens with zero attached hydrogens (tertiary/aromatic N) is 2. The predicted molar refractivity (Wildman–Crippen MR) is 191 cm³/mol. The molecule has 260 valence electrons. The highest BCUT2D eigenvalue weighted by atomic mass is 16.6. The summed E-state index contributed by atoms with van der Waals surface area (Å²) in [7, 11) is 0. The molecule has 3 N–H and O–H groups in total. The van der Waals surface area contributed by atoms with Gasteiger partial charge in [-0.3, -0.25) is 9.59 Å². The summed E-state index contributed by atoms with van der Waals surface area (Å²) in [5, 5.41) is 3.28. The van der Waals surface area contributed by atoms with Crippen LogP contribution in [0.25, 0.3) is 33.6 Å². The van der Waals surface area contributed by atoms with Crippen molar-refractivity contribution in [2.24, 2.45) is 16.7 Å². The topological polar surface area (TPSA) is 122 Å². The van der Waals surface area contributed by atoms with Gasteiger partial charge in [0.15, 0.2) is 5.60 Å². The monoisotopic (exact) mass is 665 g/mol. The largest absolute Gasteiger partial charge is 0.462 e. The lowest BCUT2D eigenvalue weighted by atomic mass is 9.71. The number of imidazole rings is 2. The van der Waals surface area contributed by atoms with E-state index in [-0.39, 0.29) is 47.8 Å². The Balaban J connectivity index is 1.17. The van der Waals surface area contributed by atoms with Crippen LogP contribution in [0.3, 0.4) is 0 Å². The predicted octanol–water partition coefficient (Wildman–Crippen LogP) is 8.21. The summed E-state index contributed by atoms with van der Waals surface area (Å²) >= 11 is 0. The van der Waals surface area contributed by atoms with Crippen LogP contribution in [0.2, 0.25) is 0 Å². The molecule has 2 bridgehead atoms. The molecule has 2 aromatic heterocycles. The van der Waals surface area contributed by atoms with Crippen LogP contribution in [0.1, 0.15) is 98.3 Å². The highest BCUT2D eigenvalue weighted by Crippen LogP contribution is 2.45. The van der Waals surface area contributed by atoms with Gasteiger partial charge in [-0.1, -0.05) is 97.0 Å². The zero-order valence-electron chi connectivity index (χ0n) is 30.0. The van der Waals surface area contributed by atoms with E-state index in [1.165, 1.54) is 0 Å². The van der Waals surface area contributed by atoms with Crippen LogP contribution in [0.4, 0.5) is 0 Å². The Kier molecular flexibility index (Phi) is 9.59. The van der Waals surface area contributed by atoms with Crippen LogP contribution in [-0.4, -0.2) is 50.1 Å². The quantitative estimate of drug-likeness (QED) is 0.147. The van der Waals surface area contributed by atoms with Crippen molar-refractivity contribution in [1.29, 1.82) is 0 Å². The van der Waals surface area contributed by atoms with E-state index in [2.05, 4.69) is 105 Å². The van der Waals surface area contributed by atoms with Crippen LogP contribution in [0, 0.1) is 16.7 Å². The maximum atomic E-state index is 14.2. The van der Waals surface area contributed by atoms with Crippen molar-refractivity contribution < 1.29 is 19.1 Å². The fourth-order valence-corrected chi connectivity index (χ4v) is 7.14. The molecular weight excluding hydrogens is 614 g/mol. The number of H-pyrrole nitrogens is 2. The summed E-state index contributed by atoms with van der Waals surface area (Å²) in [5.74, 6) is 1.10. The molecule has 2 saturated heterocycles. The minimum Gasteiger partial charge on any atom is -0.462 e. The van der Waals surface area contributed by atoms with E-state index in [1.807, 2.05) is 12.4 Å². The van der Waals surface area contributed by atoms with Crippen molar-refractivity contribution in [3.8, 4) is 33.6 Å².